The molecule has 3 nitrogen and oxygen atoms in total. The Morgan fingerprint density at radius 3 is 1.75 bits per heavy atom. The van der Waals surface area contributed by atoms with Crippen molar-refractivity contribution >= 4 is 22.3 Å². The van der Waals surface area contributed by atoms with Crippen LogP contribution in [0.15, 0.2) is 48.5 Å². The van der Waals surface area contributed by atoms with Crippen molar-refractivity contribution in [2.45, 2.75) is 89.0 Å². The lowest BCUT2D eigenvalue weighted by molar-refractivity contribution is 0.0897. The Kier molecular flexibility index (Phi) is 16.7. The average Bonchev–Trinajstić information content (AvgIpc) is 3.35. The van der Waals surface area contributed by atoms with Crippen LogP contribution in [0.1, 0.15) is 102 Å². The zero-order valence-electron chi connectivity index (χ0n) is 24.8. The number of nitrogens with one attached hydrogen (secondary N) is 1. The van der Waals surface area contributed by atoms with Crippen LogP contribution < -0.4 is 5.32 Å². The van der Waals surface area contributed by atoms with Gasteiger partial charge >= 0.3 is 0 Å². The first-order chi connectivity index (χ1) is 17.3. The van der Waals surface area contributed by atoms with Crippen molar-refractivity contribution in [3.8, 4) is 11.3 Å². The van der Waals surface area contributed by atoms with Gasteiger partial charge < -0.3 is 5.32 Å². The van der Waals surface area contributed by atoms with Crippen molar-refractivity contribution in [1.82, 2.24) is 4.98 Å². The van der Waals surface area contributed by atoms with E-state index in [1.807, 2.05) is 79.7 Å². The van der Waals surface area contributed by atoms with E-state index in [-0.39, 0.29) is 17.6 Å². The summed E-state index contributed by atoms with van der Waals surface area (Å²) in [7, 11) is 0. The zero-order valence-corrected chi connectivity index (χ0v) is 25.6. The molecule has 0 aliphatic carbocycles. The minimum absolute atomic E-state index is 0.0543. The van der Waals surface area contributed by atoms with Gasteiger partial charge in [-0.2, -0.15) is 0 Å². The zero-order chi connectivity index (χ0) is 27.8. The maximum Gasteiger partial charge on any atom is 0.183 e. The van der Waals surface area contributed by atoms with E-state index in [9.17, 15) is 4.79 Å². The first kappa shape index (κ1) is 33.5. The van der Waals surface area contributed by atoms with Crippen LogP contribution in [-0.2, 0) is 0 Å². The molecule has 1 heterocycles. The third-order valence-corrected chi connectivity index (χ3v) is 6.99. The van der Waals surface area contributed by atoms with Crippen LogP contribution >= 0.6 is 11.3 Å². The Bertz CT molecular complexity index is 988. The van der Waals surface area contributed by atoms with Gasteiger partial charge in [-0.1, -0.05) is 129 Å². The maximum absolute atomic E-state index is 12.8. The number of aromatic nitrogens is 1. The quantitative estimate of drug-likeness (QED) is 0.306. The number of rotatable bonds is 8. The normalized spacial score (nSPS) is 11.6. The van der Waals surface area contributed by atoms with Gasteiger partial charge in [0.1, 0.15) is 0 Å². The molecule has 1 N–H and O–H groups in total. The molecule has 0 saturated carbocycles. The van der Waals surface area contributed by atoms with E-state index in [0.29, 0.717) is 5.92 Å². The van der Waals surface area contributed by atoms with Crippen molar-refractivity contribution in [3.05, 3.63) is 70.1 Å². The fourth-order valence-corrected chi connectivity index (χ4v) is 4.38. The number of thiazole rings is 1. The predicted octanol–water partition coefficient (Wildman–Crippen LogP) is 10.2. The Balaban J connectivity index is 0.00000190. The summed E-state index contributed by atoms with van der Waals surface area (Å²) < 4.78 is 0. The molecule has 200 valence electrons. The number of nitrogens with zero attached hydrogens (tertiary/aromatic N) is 1. The fraction of sp³-hybridized carbons (Fsp3) is 0.500. The summed E-state index contributed by atoms with van der Waals surface area (Å²) >= 11 is 1.72. The smallest absolute Gasteiger partial charge is 0.183 e. The number of benzene rings is 2. The highest BCUT2D eigenvalue weighted by Gasteiger charge is 2.22. The molecule has 3 aromatic rings. The van der Waals surface area contributed by atoms with Crippen LogP contribution in [0.3, 0.4) is 0 Å². The summed E-state index contributed by atoms with van der Waals surface area (Å²) in [5.74, 6) is 0.759. The first-order valence-corrected chi connectivity index (χ1v) is 14.5. The Morgan fingerprint density at radius 2 is 1.28 bits per heavy atom. The highest BCUT2D eigenvalue weighted by molar-refractivity contribution is 7.16. The lowest BCUT2D eigenvalue weighted by Crippen LogP contribution is -2.25. The fourth-order valence-electron chi connectivity index (χ4n) is 3.38. The SMILES string of the molecule is CC.CC.CC.Cc1ccc(C(=O)C(C)C(C)CNc2nc(-c3ccc(C)cc3)c(C(C)C)s2)cc1. The summed E-state index contributed by atoms with van der Waals surface area (Å²) in [6, 6.07) is 16.4. The minimum Gasteiger partial charge on any atom is -0.361 e. The summed E-state index contributed by atoms with van der Waals surface area (Å²) in [5.41, 5.74) is 5.43. The molecule has 0 aliphatic heterocycles. The summed E-state index contributed by atoms with van der Waals surface area (Å²) in [6.45, 7) is 25.4. The lowest BCUT2D eigenvalue weighted by Gasteiger charge is -2.19. The molecule has 0 aliphatic rings. The van der Waals surface area contributed by atoms with Gasteiger partial charge in [0.25, 0.3) is 0 Å². The molecule has 0 bridgehead atoms. The Hall–Kier alpha value is -2.46. The maximum atomic E-state index is 12.8. The van der Waals surface area contributed by atoms with Gasteiger partial charge in [-0.15, -0.1) is 11.3 Å². The van der Waals surface area contributed by atoms with E-state index in [0.717, 1.165) is 28.5 Å². The second-order valence-electron chi connectivity index (χ2n) is 8.63. The highest BCUT2D eigenvalue weighted by Crippen LogP contribution is 2.36. The molecule has 4 heteroatoms. The second kappa shape index (κ2) is 17.9. The largest absolute Gasteiger partial charge is 0.361 e. The molecular weight excluding hydrogens is 460 g/mol. The molecule has 0 saturated heterocycles. The van der Waals surface area contributed by atoms with Crippen LogP contribution in [0.5, 0.6) is 0 Å². The summed E-state index contributed by atoms with van der Waals surface area (Å²) in [4.78, 5) is 19.0. The van der Waals surface area contributed by atoms with Gasteiger partial charge in [0.15, 0.2) is 10.9 Å². The number of aryl methyl sites for hydroxylation is 2. The van der Waals surface area contributed by atoms with Gasteiger partial charge in [0.05, 0.1) is 5.69 Å². The summed E-state index contributed by atoms with van der Waals surface area (Å²) in [5, 5.41) is 4.42. The van der Waals surface area contributed by atoms with Crippen LogP contribution in [0.2, 0.25) is 0 Å². The molecule has 2 aromatic carbocycles. The van der Waals surface area contributed by atoms with Crippen molar-refractivity contribution in [3.63, 3.8) is 0 Å². The molecule has 2 unspecified atom stereocenters. The molecule has 0 spiro atoms. The monoisotopic (exact) mass is 510 g/mol. The molecule has 1 aromatic heterocycles. The van der Waals surface area contributed by atoms with Crippen molar-refractivity contribution < 1.29 is 4.79 Å². The molecule has 0 fully saturated rings. The Morgan fingerprint density at radius 1 is 0.806 bits per heavy atom. The summed E-state index contributed by atoms with van der Waals surface area (Å²) in [6.07, 6.45) is 0. The molecule has 0 amide bonds. The number of carbonyl (C=O) groups excluding carboxylic acids is 1. The predicted molar refractivity (Wildman–Crippen MR) is 163 cm³/mol. The molecule has 3 rings (SSSR count). The van der Waals surface area contributed by atoms with Crippen LogP contribution in [0.4, 0.5) is 5.13 Å². The second-order valence-corrected chi connectivity index (χ2v) is 9.66. The molecule has 0 radical (unpaired) electrons. The van der Waals surface area contributed by atoms with E-state index < -0.39 is 0 Å². The van der Waals surface area contributed by atoms with Gasteiger partial charge in [-0.25, -0.2) is 4.98 Å². The minimum atomic E-state index is -0.0543. The number of hydrogen-bond donors (Lipinski definition) is 1. The van der Waals surface area contributed by atoms with Crippen LogP contribution in [0.25, 0.3) is 11.3 Å². The van der Waals surface area contributed by atoms with Crippen LogP contribution in [0, 0.1) is 25.7 Å². The van der Waals surface area contributed by atoms with E-state index >= 15 is 0 Å². The number of hydrogen-bond acceptors (Lipinski definition) is 4. The van der Waals surface area contributed by atoms with Gasteiger partial charge in [0.2, 0.25) is 0 Å². The third-order valence-electron chi connectivity index (χ3n) is 5.68. The molecular formula is C32H50N2OS. The highest BCUT2D eigenvalue weighted by atomic mass is 32.1. The van der Waals surface area contributed by atoms with E-state index in [4.69, 9.17) is 4.98 Å². The lowest BCUT2D eigenvalue weighted by atomic mass is 9.88. The van der Waals surface area contributed by atoms with Crippen molar-refractivity contribution in [1.29, 1.82) is 0 Å². The van der Waals surface area contributed by atoms with E-state index in [2.05, 4.69) is 57.3 Å². The average molecular weight is 511 g/mol. The van der Waals surface area contributed by atoms with Gasteiger partial charge in [-0.05, 0) is 25.7 Å². The van der Waals surface area contributed by atoms with Crippen molar-refractivity contribution in [2.24, 2.45) is 11.8 Å². The Labute approximate surface area is 225 Å². The number of Topliss-reactive ketones (excluding diaryl/α,β-unsaturated/α-hetero) is 1. The van der Waals surface area contributed by atoms with E-state index in [1.165, 1.54) is 16.0 Å². The third kappa shape index (κ3) is 9.89. The van der Waals surface area contributed by atoms with Gasteiger partial charge in [-0.3, -0.25) is 4.79 Å². The first-order valence-electron chi connectivity index (χ1n) is 13.7. The van der Waals surface area contributed by atoms with Gasteiger partial charge in [0, 0.05) is 28.5 Å². The number of ketones is 1. The van der Waals surface area contributed by atoms with Crippen LogP contribution in [-0.4, -0.2) is 17.3 Å². The number of carbonyl (C=O) groups is 1. The molecule has 2 atom stereocenters. The van der Waals surface area contributed by atoms with Crippen molar-refractivity contribution in [2.75, 3.05) is 11.9 Å². The van der Waals surface area contributed by atoms with E-state index in [1.54, 1.807) is 11.3 Å². The molecule has 36 heavy (non-hydrogen) atoms. The number of anilines is 1. The standard InChI is InChI=1S/C26H32N2OS.3C2H6/c1-16(2)25-23(21-11-7-17(3)8-12-21)28-26(30-25)27-15-19(5)20(6)24(29)22-13-9-18(4)10-14-22;3*1-2/h7-14,16,19-20H,15H2,1-6H3,(H,27,28);3*1-2H3. The topological polar surface area (TPSA) is 42.0 Å².